The number of hydrogen-bond donors (Lipinski definition) is 2. The van der Waals surface area contributed by atoms with Crippen LogP contribution in [0.3, 0.4) is 0 Å². The van der Waals surface area contributed by atoms with Gasteiger partial charge in [-0.15, -0.1) is 0 Å². The zero-order valence-electron chi connectivity index (χ0n) is 11.7. The van der Waals surface area contributed by atoms with Crippen LogP contribution in [0.15, 0.2) is 52.0 Å². The SMILES string of the molecule is C[C@@H](NS(=O)(=O)c1ccccc1Cl)C(=O)NCc1ccco1. The van der Waals surface area contributed by atoms with Crippen molar-refractivity contribution >= 4 is 27.5 Å². The van der Waals surface area contributed by atoms with Crippen molar-refractivity contribution in [3.05, 3.63) is 53.4 Å². The first-order chi connectivity index (χ1) is 10.4. The molecule has 1 amide bonds. The number of halogens is 1. The van der Waals surface area contributed by atoms with E-state index in [1.165, 1.54) is 25.3 Å². The molecule has 2 rings (SSSR count). The van der Waals surface area contributed by atoms with Gasteiger partial charge in [0.05, 0.1) is 23.9 Å². The third-order valence-electron chi connectivity index (χ3n) is 2.87. The molecule has 1 aromatic carbocycles. The Kier molecular flexibility index (Phi) is 5.23. The van der Waals surface area contributed by atoms with E-state index in [9.17, 15) is 13.2 Å². The van der Waals surface area contributed by atoms with Gasteiger partial charge in [-0.05, 0) is 31.2 Å². The monoisotopic (exact) mass is 342 g/mol. The number of rotatable bonds is 6. The Morgan fingerprint density at radius 3 is 2.64 bits per heavy atom. The van der Waals surface area contributed by atoms with Crippen molar-refractivity contribution in [2.75, 3.05) is 0 Å². The minimum absolute atomic E-state index is 0.0673. The molecule has 118 valence electrons. The van der Waals surface area contributed by atoms with Crippen LogP contribution in [-0.4, -0.2) is 20.4 Å². The summed E-state index contributed by atoms with van der Waals surface area (Å²) in [4.78, 5) is 11.9. The molecule has 0 spiro atoms. The van der Waals surface area contributed by atoms with E-state index >= 15 is 0 Å². The molecular weight excluding hydrogens is 328 g/mol. The van der Waals surface area contributed by atoms with E-state index in [-0.39, 0.29) is 16.5 Å². The van der Waals surface area contributed by atoms with Gasteiger partial charge in [-0.3, -0.25) is 4.79 Å². The number of amides is 1. The maximum absolute atomic E-state index is 12.2. The summed E-state index contributed by atoms with van der Waals surface area (Å²) in [5.74, 6) is 0.113. The molecule has 0 bridgehead atoms. The van der Waals surface area contributed by atoms with E-state index in [0.717, 1.165) is 0 Å². The minimum atomic E-state index is -3.87. The van der Waals surface area contributed by atoms with Crippen molar-refractivity contribution in [3.8, 4) is 0 Å². The Balaban J connectivity index is 1.99. The fourth-order valence-corrected chi connectivity index (χ4v) is 3.48. The van der Waals surface area contributed by atoms with E-state index in [1.54, 1.807) is 24.3 Å². The third-order valence-corrected chi connectivity index (χ3v) is 4.91. The number of sulfonamides is 1. The lowest BCUT2D eigenvalue weighted by atomic mass is 10.3. The Labute approximate surface area is 133 Å². The maximum atomic E-state index is 12.2. The lowest BCUT2D eigenvalue weighted by Gasteiger charge is -2.14. The number of carbonyl (C=O) groups excluding carboxylic acids is 1. The van der Waals surface area contributed by atoms with Crippen LogP contribution in [0.4, 0.5) is 0 Å². The first kappa shape index (κ1) is 16.5. The molecule has 22 heavy (non-hydrogen) atoms. The lowest BCUT2D eigenvalue weighted by molar-refractivity contribution is -0.122. The zero-order chi connectivity index (χ0) is 16.2. The maximum Gasteiger partial charge on any atom is 0.242 e. The summed E-state index contributed by atoms with van der Waals surface area (Å²) in [5, 5.41) is 2.68. The summed E-state index contributed by atoms with van der Waals surface area (Å²) in [7, 11) is -3.87. The second-order valence-electron chi connectivity index (χ2n) is 4.57. The lowest BCUT2D eigenvalue weighted by Crippen LogP contribution is -2.44. The predicted molar refractivity (Wildman–Crippen MR) is 81.8 cm³/mol. The molecule has 8 heteroatoms. The van der Waals surface area contributed by atoms with E-state index in [2.05, 4.69) is 10.0 Å². The van der Waals surface area contributed by atoms with Crippen LogP contribution in [0.5, 0.6) is 0 Å². The van der Waals surface area contributed by atoms with Gasteiger partial charge in [0.1, 0.15) is 10.7 Å². The van der Waals surface area contributed by atoms with Crippen molar-refractivity contribution in [1.29, 1.82) is 0 Å². The molecule has 1 atom stereocenters. The smallest absolute Gasteiger partial charge is 0.242 e. The molecule has 0 saturated carbocycles. The molecule has 0 saturated heterocycles. The highest BCUT2D eigenvalue weighted by molar-refractivity contribution is 7.89. The number of nitrogens with one attached hydrogen (secondary N) is 2. The van der Waals surface area contributed by atoms with Gasteiger partial charge in [-0.2, -0.15) is 4.72 Å². The summed E-state index contributed by atoms with van der Waals surface area (Å²) in [6, 6.07) is 8.49. The Bertz CT molecular complexity index is 744. The van der Waals surface area contributed by atoms with Gasteiger partial charge in [0.25, 0.3) is 0 Å². The molecule has 0 aliphatic carbocycles. The average molecular weight is 343 g/mol. The summed E-state index contributed by atoms with van der Waals surface area (Å²) in [5.41, 5.74) is 0. The van der Waals surface area contributed by atoms with Crippen molar-refractivity contribution in [2.24, 2.45) is 0 Å². The number of hydrogen-bond acceptors (Lipinski definition) is 4. The molecule has 0 aliphatic heterocycles. The summed E-state index contributed by atoms with van der Waals surface area (Å²) >= 11 is 5.87. The first-order valence-corrected chi connectivity index (χ1v) is 8.33. The highest BCUT2D eigenvalue weighted by atomic mass is 35.5. The molecule has 2 aromatic rings. The molecule has 0 unspecified atom stereocenters. The van der Waals surface area contributed by atoms with Gasteiger partial charge in [0.15, 0.2) is 0 Å². The zero-order valence-corrected chi connectivity index (χ0v) is 13.3. The standard InChI is InChI=1S/C14H15ClN2O4S/c1-10(14(18)16-9-11-5-4-8-21-11)17-22(19,20)13-7-3-2-6-12(13)15/h2-8,10,17H,9H2,1H3,(H,16,18)/t10-/m1/s1. The molecule has 0 radical (unpaired) electrons. The van der Waals surface area contributed by atoms with Crippen LogP contribution in [0.1, 0.15) is 12.7 Å². The Hall–Kier alpha value is -1.83. The van der Waals surface area contributed by atoms with Crippen LogP contribution < -0.4 is 10.0 Å². The van der Waals surface area contributed by atoms with Gasteiger partial charge in [0.2, 0.25) is 15.9 Å². The van der Waals surface area contributed by atoms with Gasteiger partial charge in [-0.25, -0.2) is 8.42 Å². The van der Waals surface area contributed by atoms with Gasteiger partial charge >= 0.3 is 0 Å². The van der Waals surface area contributed by atoms with Gasteiger partial charge in [-0.1, -0.05) is 23.7 Å². The normalized spacial score (nSPS) is 12.8. The fraction of sp³-hybridized carbons (Fsp3) is 0.214. The molecule has 6 nitrogen and oxygen atoms in total. The molecule has 1 heterocycles. The van der Waals surface area contributed by atoms with Crippen molar-refractivity contribution in [3.63, 3.8) is 0 Å². The van der Waals surface area contributed by atoms with Crippen LogP contribution >= 0.6 is 11.6 Å². The van der Waals surface area contributed by atoms with Crippen molar-refractivity contribution in [2.45, 2.75) is 24.4 Å². The second-order valence-corrected chi connectivity index (χ2v) is 6.66. The van der Waals surface area contributed by atoms with Gasteiger partial charge in [0, 0.05) is 0 Å². The highest BCUT2D eigenvalue weighted by Gasteiger charge is 2.23. The minimum Gasteiger partial charge on any atom is -0.467 e. The predicted octanol–water partition coefficient (Wildman–Crippen LogP) is 1.92. The number of benzene rings is 1. The Morgan fingerprint density at radius 1 is 1.27 bits per heavy atom. The molecule has 0 aliphatic rings. The summed E-state index contributed by atoms with van der Waals surface area (Å²) in [6.07, 6.45) is 1.49. The topological polar surface area (TPSA) is 88.4 Å². The third kappa shape index (κ3) is 4.09. The van der Waals surface area contributed by atoms with Crippen LogP contribution in [0.25, 0.3) is 0 Å². The molecule has 1 aromatic heterocycles. The van der Waals surface area contributed by atoms with Gasteiger partial charge < -0.3 is 9.73 Å². The second kappa shape index (κ2) is 6.95. The van der Waals surface area contributed by atoms with Crippen LogP contribution in [0, 0.1) is 0 Å². The van der Waals surface area contributed by atoms with E-state index in [0.29, 0.717) is 5.76 Å². The quantitative estimate of drug-likeness (QED) is 0.839. The van der Waals surface area contributed by atoms with Crippen LogP contribution in [0.2, 0.25) is 5.02 Å². The van der Waals surface area contributed by atoms with E-state index < -0.39 is 22.0 Å². The largest absolute Gasteiger partial charge is 0.467 e. The molecule has 0 fully saturated rings. The van der Waals surface area contributed by atoms with E-state index in [1.807, 2.05) is 0 Å². The fourth-order valence-electron chi connectivity index (χ4n) is 1.75. The Morgan fingerprint density at radius 2 is 2.00 bits per heavy atom. The number of carbonyl (C=O) groups is 1. The molecular formula is C14H15ClN2O4S. The van der Waals surface area contributed by atoms with E-state index in [4.69, 9.17) is 16.0 Å². The summed E-state index contributed by atoms with van der Waals surface area (Å²) in [6.45, 7) is 1.63. The number of furan rings is 1. The van der Waals surface area contributed by atoms with Crippen LogP contribution in [-0.2, 0) is 21.4 Å². The highest BCUT2D eigenvalue weighted by Crippen LogP contribution is 2.20. The molecule has 2 N–H and O–H groups in total. The van der Waals surface area contributed by atoms with Crippen molar-refractivity contribution < 1.29 is 17.6 Å². The van der Waals surface area contributed by atoms with Crippen molar-refractivity contribution in [1.82, 2.24) is 10.0 Å². The summed E-state index contributed by atoms with van der Waals surface area (Å²) < 4.78 is 31.8. The average Bonchev–Trinajstić information content (AvgIpc) is 2.97. The first-order valence-electron chi connectivity index (χ1n) is 6.47.